The van der Waals surface area contributed by atoms with E-state index in [0.29, 0.717) is 18.2 Å². The van der Waals surface area contributed by atoms with Crippen molar-refractivity contribution in [1.29, 1.82) is 0 Å². The standard InChI is InChI=1S/C11H14ClNO3/c1-15-11(14)6-7-13-16-8-9-2-4-10(12)5-3-9/h2-5,13H,6-8H2,1H3. The Hall–Kier alpha value is -1.10. The highest BCUT2D eigenvalue weighted by Gasteiger charge is 1.98. The van der Waals surface area contributed by atoms with E-state index in [-0.39, 0.29) is 12.4 Å². The predicted molar refractivity (Wildman–Crippen MR) is 60.9 cm³/mol. The largest absolute Gasteiger partial charge is 0.469 e. The van der Waals surface area contributed by atoms with Crippen molar-refractivity contribution in [2.24, 2.45) is 0 Å². The van der Waals surface area contributed by atoms with Crippen LogP contribution in [0.4, 0.5) is 0 Å². The molecule has 1 rings (SSSR count). The van der Waals surface area contributed by atoms with Gasteiger partial charge in [-0.3, -0.25) is 9.63 Å². The molecule has 0 aliphatic rings. The average Bonchev–Trinajstić information content (AvgIpc) is 2.31. The lowest BCUT2D eigenvalue weighted by molar-refractivity contribution is -0.141. The second-order valence-corrected chi connectivity index (χ2v) is 3.57. The Labute approximate surface area is 99.5 Å². The monoisotopic (exact) mass is 243 g/mol. The lowest BCUT2D eigenvalue weighted by Crippen LogP contribution is -2.19. The van der Waals surface area contributed by atoms with Gasteiger partial charge in [-0.25, -0.2) is 5.48 Å². The van der Waals surface area contributed by atoms with Crippen molar-refractivity contribution in [2.45, 2.75) is 13.0 Å². The number of methoxy groups -OCH3 is 1. The number of nitrogens with one attached hydrogen (secondary N) is 1. The molecule has 0 aliphatic carbocycles. The summed E-state index contributed by atoms with van der Waals surface area (Å²) in [6, 6.07) is 7.36. The van der Waals surface area contributed by atoms with Gasteiger partial charge in [-0.05, 0) is 17.7 Å². The molecule has 0 aliphatic heterocycles. The topological polar surface area (TPSA) is 47.6 Å². The predicted octanol–water partition coefficient (Wildman–Crippen LogP) is 1.92. The highest BCUT2D eigenvalue weighted by atomic mass is 35.5. The van der Waals surface area contributed by atoms with Gasteiger partial charge in [0.25, 0.3) is 0 Å². The van der Waals surface area contributed by atoms with Crippen molar-refractivity contribution in [3.8, 4) is 0 Å². The lowest BCUT2D eigenvalue weighted by atomic mass is 10.2. The van der Waals surface area contributed by atoms with E-state index in [1.165, 1.54) is 7.11 Å². The molecule has 0 unspecified atom stereocenters. The Kier molecular flexibility index (Phi) is 5.85. The Bertz CT molecular complexity index is 327. The van der Waals surface area contributed by atoms with Crippen molar-refractivity contribution in [3.63, 3.8) is 0 Å². The Morgan fingerprint density at radius 2 is 2.06 bits per heavy atom. The fraction of sp³-hybridized carbons (Fsp3) is 0.364. The zero-order chi connectivity index (χ0) is 11.8. The highest BCUT2D eigenvalue weighted by Crippen LogP contribution is 2.09. The zero-order valence-corrected chi connectivity index (χ0v) is 9.79. The fourth-order valence-corrected chi connectivity index (χ4v) is 1.17. The summed E-state index contributed by atoms with van der Waals surface area (Å²) in [5.41, 5.74) is 3.69. The number of hydrogen-bond donors (Lipinski definition) is 1. The molecule has 0 saturated carbocycles. The molecule has 0 amide bonds. The number of hydrogen-bond acceptors (Lipinski definition) is 4. The molecule has 0 fully saturated rings. The van der Waals surface area contributed by atoms with E-state index in [4.69, 9.17) is 16.4 Å². The summed E-state index contributed by atoms with van der Waals surface area (Å²) in [7, 11) is 1.36. The average molecular weight is 244 g/mol. The van der Waals surface area contributed by atoms with Crippen LogP contribution in [0.25, 0.3) is 0 Å². The van der Waals surface area contributed by atoms with Crippen LogP contribution in [0.15, 0.2) is 24.3 Å². The van der Waals surface area contributed by atoms with Crippen LogP contribution in [-0.4, -0.2) is 19.6 Å². The molecule has 88 valence electrons. The van der Waals surface area contributed by atoms with Gasteiger partial charge in [0.2, 0.25) is 0 Å². The first-order valence-corrected chi connectivity index (χ1v) is 5.26. The van der Waals surface area contributed by atoms with Crippen LogP contribution < -0.4 is 5.48 Å². The highest BCUT2D eigenvalue weighted by molar-refractivity contribution is 6.30. The van der Waals surface area contributed by atoms with Gasteiger partial charge in [-0.1, -0.05) is 23.7 Å². The number of esters is 1. The first-order valence-electron chi connectivity index (χ1n) is 4.88. The van der Waals surface area contributed by atoms with Gasteiger partial charge in [0.15, 0.2) is 0 Å². The van der Waals surface area contributed by atoms with Crippen LogP contribution in [0.1, 0.15) is 12.0 Å². The Morgan fingerprint density at radius 1 is 1.38 bits per heavy atom. The Balaban J connectivity index is 2.11. The minimum absolute atomic E-state index is 0.261. The smallest absolute Gasteiger partial charge is 0.306 e. The summed E-state index contributed by atoms with van der Waals surface area (Å²) in [5.74, 6) is -0.261. The molecule has 0 saturated heterocycles. The SMILES string of the molecule is COC(=O)CCNOCc1ccc(Cl)cc1. The van der Waals surface area contributed by atoms with Crippen LogP contribution in [0.5, 0.6) is 0 Å². The molecular formula is C11H14ClNO3. The maximum absolute atomic E-state index is 10.7. The van der Waals surface area contributed by atoms with Crippen molar-refractivity contribution in [1.82, 2.24) is 5.48 Å². The minimum Gasteiger partial charge on any atom is -0.469 e. The third kappa shape index (κ3) is 5.11. The van der Waals surface area contributed by atoms with E-state index in [1.54, 1.807) is 12.1 Å². The molecule has 0 atom stereocenters. The Morgan fingerprint density at radius 3 is 2.69 bits per heavy atom. The molecule has 1 aromatic rings. The minimum atomic E-state index is -0.261. The summed E-state index contributed by atoms with van der Waals surface area (Å²) in [5, 5.41) is 0.697. The third-order valence-corrected chi connectivity index (χ3v) is 2.16. The van der Waals surface area contributed by atoms with Gasteiger partial charge in [-0.2, -0.15) is 0 Å². The molecule has 0 spiro atoms. The number of carbonyl (C=O) groups is 1. The molecule has 0 bridgehead atoms. The number of hydroxylamine groups is 1. The number of rotatable bonds is 6. The van der Waals surface area contributed by atoms with Gasteiger partial charge in [0.1, 0.15) is 0 Å². The maximum atomic E-state index is 10.7. The van der Waals surface area contributed by atoms with Crippen LogP contribution in [0.2, 0.25) is 5.02 Å². The molecule has 1 N–H and O–H groups in total. The number of ether oxygens (including phenoxy) is 1. The van der Waals surface area contributed by atoms with Gasteiger partial charge in [-0.15, -0.1) is 0 Å². The van der Waals surface area contributed by atoms with Crippen LogP contribution in [-0.2, 0) is 21.0 Å². The normalized spacial score (nSPS) is 10.1. The molecule has 0 heterocycles. The van der Waals surface area contributed by atoms with Crippen molar-refractivity contribution < 1.29 is 14.4 Å². The number of halogens is 1. The molecule has 5 heteroatoms. The maximum Gasteiger partial charge on any atom is 0.306 e. The lowest BCUT2D eigenvalue weighted by Gasteiger charge is -2.05. The van der Waals surface area contributed by atoms with Gasteiger partial charge in [0.05, 0.1) is 20.1 Å². The molecule has 1 aromatic carbocycles. The second-order valence-electron chi connectivity index (χ2n) is 3.14. The molecule has 4 nitrogen and oxygen atoms in total. The quantitative estimate of drug-likeness (QED) is 0.471. The molecule has 0 radical (unpaired) electrons. The van der Waals surface area contributed by atoms with Gasteiger partial charge >= 0.3 is 5.97 Å². The fourth-order valence-electron chi connectivity index (χ4n) is 1.04. The summed E-state index contributed by atoms with van der Waals surface area (Å²) in [4.78, 5) is 15.9. The van der Waals surface area contributed by atoms with Crippen molar-refractivity contribution in [2.75, 3.05) is 13.7 Å². The zero-order valence-electron chi connectivity index (χ0n) is 9.03. The summed E-state index contributed by atoms with van der Waals surface area (Å²) in [6.45, 7) is 0.860. The molecule has 0 aromatic heterocycles. The summed E-state index contributed by atoms with van der Waals surface area (Å²) < 4.78 is 4.48. The number of benzene rings is 1. The first kappa shape index (κ1) is 13.0. The van der Waals surface area contributed by atoms with Gasteiger partial charge in [0, 0.05) is 11.6 Å². The van der Waals surface area contributed by atoms with E-state index >= 15 is 0 Å². The van der Waals surface area contributed by atoms with Crippen molar-refractivity contribution in [3.05, 3.63) is 34.9 Å². The van der Waals surface area contributed by atoms with Gasteiger partial charge < -0.3 is 4.74 Å². The van der Waals surface area contributed by atoms with E-state index in [0.717, 1.165) is 5.56 Å². The van der Waals surface area contributed by atoms with E-state index in [9.17, 15) is 4.79 Å². The first-order chi connectivity index (χ1) is 7.72. The summed E-state index contributed by atoms with van der Waals surface area (Å²) in [6.07, 6.45) is 0.289. The van der Waals surface area contributed by atoms with E-state index in [2.05, 4.69) is 10.2 Å². The molecular weight excluding hydrogens is 230 g/mol. The van der Waals surface area contributed by atoms with E-state index < -0.39 is 0 Å². The molecule has 16 heavy (non-hydrogen) atoms. The van der Waals surface area contributed by atoms with Crippen LogP contribution in [0.3, 0.4) is 0 Å². The number of carbonyl (C=O) groups excluding carboxylic acids is 1. The van der Waals surface area contributed by atoms with Crippen LogP contribution in [0, 0.1) is 0 Å². The summed E-state index contributed by atoms with van der Waals surface area (Å²) >= 11 is 5.74. The van der Waals surface area contributed by atoms with E-state index in [1.807, 2.05) is 12.1 Å². The van der Waals surface area contributed by atoms with Crippen LogP contribution >= 0.6 is 11.6 Å². The third-order valence-electron chi connectivity index (χ3n) is 1.91. The second kappa shape index (κ2) is 7.22. The van der Waals surface area contributed by atoms with Crippen molar-refractivity contribution >= 4 is 17.6 Å².